The quantitative estimate of drug-likeness (QED) is 0.766. The van der Waals surface area contributed by atoms with Gasteiger partial charge in [0.15, 0.2) is 0 Å². The van der Waals surface area contributed by atoms with Crippen molar-refractivity contribution in [3.05, 3.63) is 23.9 Å². The molecule has 0 saturated heterocycles. The summed E-state index contributed by atoms with van der Waals surface area (Å²) in [7, 11) is 0. The van der Waals surface area contributed by atoms with Crippen molar-refractivity contribution in [2.45, 2.75) is 40.5 Å². The molecule has 0 aliphatic carbocycles. The minimum Gasteiger partial charge on any atom is -0.370 e. The molecule has 0 spiro atoms. The Morgan fingerprint density at radius 2 is 1.75 bits per heavy atom. The second kappa shape index (κ2) is 8.56. The highest BCUT2D eigenvalue weighted by molar-refractivity contribution is 5.93. The van der Waals surface area contributed by atoms with E-state index in [1.165, 1.54) is 0 Å². The lowest BCUT2D eigenvalue weighted by molar-refractivity contribution is 0.0951. The standard InChI is InChI=1S/C16H27N3O/c1-12(2)7-9-17-15-6-5-14(11-19-15)16(20)18-10-8-13(3)4/h5-6,11-13H,7-10H2,1-4H3,(H,17,19)(H,18,20). The van der Waals surface area contributed by atoms with Crippen molar-refractivity contribution in [1.82, 2.24) is 10.3 Å². The highest BCUT2D eigenvalue weighted by Gasteiger charge is 2.06. The second-order valence-corrected chi connectivity index (χ2v) is 5.98. The maximum absolute atomic E-state index is 11.9. The van der Waals surface area contributed by atoms with E-state index in [1.807, 2.05) is 12.1 Å². The van der Waals surface area contributed by atoms with E-state index in [2.05, 4.69) is 43.3 Å². The Kier molecular flexibility index (Phi) is 7.05. The van der Waals surface area contributed by atoms with E-state index < -0.39 is 0 Å². The molecule has 0 aliphatic rings. The highest BCUT2D eigenvalue weighted by atomic mass is 16.1. The Morgan fingerprint density at radius 1 is 1.10 bits per heavy atom. The van der Waals surface area contributed by atoms with Gasteiger partial charge in [-0.2, -0.15) is 0 Å². The number of hydrogen-bond acceptors (Lipinski definition) is 3. The van der Waals surface area contributed by atoms with E-state index in [0.29, 0.717) is 23.9 Å². The van der Waals surface area contributed by atoms with Gasteiger partial charge in [0, 0.05) is 19.3 Å². The van der Waals surface area contributed by atoms with Crippen LogP contribution in [0.15, 0.2) is 18.3 Å². The van der Waals surface area contributed by atoms with Crippen molar-refractivity contribution in [2.75, 3.05) is 18.4 Å². The van der Waals surface area contributed by atoms with Crippen LogP contribution in [0.4, 0.5) is 5.82 Å². The fourth-order valence-corrected chi connectivity index (χ4v) is 1.70. The summed E-state index contributed by atoms with van der Waals surface area (Å²) < 4.78 is 0. The van der Waals surface area contributed by atoms with Gasteiger partial charge in [0.1, 0.15) is 5.82 Å². The third-order valence-corrected chi connectivity index (χ3v) is 3.06. The van der Waals surface area contributed by atoms with Gasteiger partial charge in [-0.25, -0.2) is 4.98 Å². The van der Waals surface area contributed by atoms with Gasteiger partial charge in [0.25, 0.3) is 5.91 Å². The third kappa shape index (κ3) is 6.55. The summed E-state index contributed by atoms with van der Waals surface area (Å²) in [5, 5.41) is 6.17. The van der Waals surface area contributed by atoms with E-state index in [4.69, 9.17) is 0 Å². The number of hydrogen-bond donors (Lipinski definition) is 2. The van der Waals surface area contributed by atoms with Crippen LogP contribution in [0.3, 0.4) is 0 Å². The highest BCUT2D eigenvalue weighted by Crippen LogP contribution is 2.07. The van der Waals surface area contributed by atoms with Crippen LogP contribution in [0.1, 0.15) is 50.9 Å². The number of nitrogens with one attached hydrogen (secondary N) is 2. The number of nitrogens with zero attached hydrogens (tertiary/aromatic N) is 1. The van der Waals surface area contributed by atoms with Gasteiger partial charge in [-0.15, -0.1) is 0 Å². The molecule has 0 radical (unpaired) electrons. The second-order valence-electron chi connectivity index (χ2n) is 5.98. The smallest absolute Gasteiger partial charge is 0.252 e. The van der Waals surface area contributed by atoms with E-state index in [-0.39, 0.29) is 5.91 Å². The molecule has 0 aromatic carbocycles. The van der Waals surface area contributed by atoms with Crippen LogP contribution in [-0.2, 0) is 0 Å². The molecule has 1 amide bonds. The van der Waals surface area contributed by atoms with Crippen molar-refractivity contribution >= 4 is 11.7 Å². The maximum Gasteiger partial charge on any atom is 0.252 e. The van der Waals surface area contributed by atoms with Gasteiger partial charge < -0.3 is 10.6 Å². The first-order valence-electron chi connectivity index (χ1n) is 7.47. The van der Waals surface area contributed by atoms with Crippen molar-refractivity contribution < 1.29 is 4.79 Å². The molecule has 1 aromatic heterocycles. The van der Waals surface area contributed by atoms with Crippen LogP contribution in [0.5, 0.6) is 0 Å². The molecule has 0 saturated carbocycles. The first kappa shape index (κ1) is 16.5. The Balaban J connectivity index is 2.39. The monoisotopic (exact) mass is 277 g/mol. The Morgan fingerprint density at radius 3 is 2.30 bits per heavy atom. The summed E-state index contributed by atoms with van der Waals surface area (Å²) in [6.07, 6.45) is 3.73. The van der Waals surface area contributed by atoms with Gasteiger partial charge >= 0.3 is 0 Å². The van der Waals surface area contributed by atoms with Crippen LogP contribution in [0, 0.1) is 11.8 Å². The molecule has 0 bridgehead atoms. The van der Waals surface area contributed by atoms with Gasteiger partial charge in [-0.1, -0.05) is 27.7 Å². The zero-order valence-corrected chi connectivity index (χ0v) is 13.1. The zero-order chi connectivity index (χ0) is 15.0. The molecule has 20 heavy (non-hydrogen) atoms. The average Bonchev–Trinajstić information content (AvgIpc) is 2.38. The zero-order valence-electron chi connectivity index (χ0n) is 13.1. The van der Waals surface area contributed by atoms with Crippen LogP contribution in [0.25, 0.3) is 0 Å². The molecule has 1 rings (SSSR count). The summed E-state index contributed by atoms with van der Waals surface area (Å²) in [5.74, 6) is 2.05. The number of aromatic nitrogens is 1. The van der Waals surface area contributed by atoms with Crippen LogP contribution >= 0.6 is 0 Å². The van der Waals surface area contributed by atoms with Gasteiger partial charge in [-0.05, 0) is 36.8 Å². The number of carbonyl (C=O) groups is 1. The van der Waals surface area contributed by atoms with Crippen molar-refractivity contribution in [1.29, 1.82) is 0 Å². The van der Waals surface area contributed by atoms with Crippen molar-refractivity contribution in [3.8, 4) is 0 Å². The Bertz CT molecular complexity index is 399. The lowest BCUT2D eigenvalue weighted by atomic mass is 10.1. The third-order valence-electron chi connectivity index (χ3n) is 3.06. The number of amides is 1. The normalized spacial score (nSPS) is 10.9. The molecule has 2 N–H and O–H groups in total. The van der Waals surface area contributed by atoms with E-state index in [0.717, 1.165) is 25.2 Å². The van der Waals surface area contributed by atoms with Gasteiger partial charge in [-0.3, -0.25) is 4.79 Å². The molecular formula is C16H27N3O. The Labute approximate surface area is 122 Å². The predicted molar refractivity (Wildman–Crippen MR) is 84.0 cm³/mol. The SMILES string of the molecule is CC(C)CCNC(=O)c1ccc(NCCC(C)C)nc1. The fourth-order valence-electron chi connectivity index (χ4n) is 1.70. The molecule has 1 aromatic rings. The van der Waals surface area contributed by atoms with Crippen LogP contribution in [-0.4, -0.2) is 24.0 Å². The van der Waals surface area contributed by atoms with Crippen molar-refractivity contribution in [2.24, 2.45) is 11.8 Å². The summed E-state index contributed by atoms with van der Waals surface area (Å²) in [6.45, 7) is 10.3. The minimum absolute atomic E-state index is 0.0492. The van der Waals surface area contributed by atoms with Gasteiger partial charge in [0.05, 0.1) is 5.56 Å². The van der Waals surface area contributed by atoms with Crippen LogP contribution < -0.4 is 10.6 Å². The largest absolute Gasteiger partial charge is 0.370 e. The summed E-state index contributed by atoms with van der Waals surface area (Å²) >= 11 is 0. The summed E-state index contributed by atoms with van der Waals surface area (Å²) in [5.41, 5.74) is 0.614. The lowest BCUT2D eigenvalue weighted by Crippen LogP contribution is -2.25. The average molecular weight is 277 g/mol. The molecule has 0 fully saturated rings. The molecule has 0 aliphatic heterocycles. The van der Waals surface area contributed by atoms with Crippen molar-refractivity contribution in [3.63, 3.8) is 0 Å². The molecule has 0 unspecified atom stereocenters. The number of rotatable bonds is 8. The Hall–Kier alpha value is -1.58. The fraction of sp³-hybridized carbons (Fsp3) is 0.625. The molecule has 0 atom stereocenters. The van der Waals surface area contributed by atoms with E-state index in [9.17, 15) is 4.79 Å². The molecule has 1 heterocycles. The lowest BCUT2D eigenvalue weighted by Gasteiger charge is -2.09. The topological polar surface area (TPSA) is 54.0 Å². The predicted octanol–water partition coefficient (Wildman–Crippen LogP) is 3.32. The summed E-state index contributed by atoms with van der Waals surface area (Å²) in [6, 6.07) is 3.67. The van der Waals surface area contributed by atoms with Crippen LogP contribution in [0.2, 0.25) is 0 Å². The number of anilines is 1. The first-order valence-corrected chi connectivity index (χ1v) is 7.47. The van der Waals surface area contributed by atoms with E-state index in [1.54, 1.807) is 6.20 Å². The minimum atomic E-state index is -0.0492. The molecular weight excluding hydrogens is 250 g/mol. The maximum atomic E-state index is 11.9. The van der Waals surface area contributed by atoms with Gasteiger partial charge in [0.2, 0.25) is 0 Å². The number of pyridine rings is 1. The molecule has 4 nitrogen and oxygen atoms in total. The first-order chi connectivity index (χ1) is 9.49. The van der Waals surface area contributed by atoms with E-state index >= 15 is 0 Å². The summed E-state index contributed by atoms with van der Waals surface area (Å²) in [4.78, 5) is 16.1. The molecule has 112 valence electrons. The molecule has 4 heteroatoms. The number of carbonyl (C=O) groups excluding carboxylic acids is 1.